The average Bonchev–Trinajstić information content (AvgIpc) is 3.38. The van der Waals surface area contributed by atoms with Crippen molar-refractivity contribution in [2.45, 2.75) is 32.9 Å². The predicted molar refractivity (Wildman–Crippen MR) is 106 cm³/mol. The third-order valence-electron chi connectivity index (χ3n) is 5.12. The van der Waals surface area contributed by atoms with Gasteiger partial charge in [0, 0.05) is 31.6 Å². The van der Waals surface area contributed by atoms with Gasteiger partial charge in [-0.1, -0.05) is 35.5 Å². The van der Waals surface area contributed by atoms with Crippen molar-refractivity contribution in [3.8, 4) is 11.3 Å². The first-order valence-electron chi connectivity index (χ1n) is 9.68. The number of carbonyl (C=O) groups is 2. The van der Waals surface area contributed by atoms with Crippen LogP contribution in [-0.4, -0.2) is 33.3 Å². The maximum absolute atomic E-state index is 12.7. The van der Waals surface area contributed by atoms with Crippen LogP contribution in [0.25, 0.3) is 11.3 Å². The Morgan fingerprint density at radius 2 is 2.07 bits per heavy atom. The molecule has 0 unspecified atom stereocenters. The van der Waals surface area contributed by atoms with Crippen molar-refractivity contribution >= 4 is 11.8 Å². The Bertz CT molecular complexity index is 1010. The Kier molecular flexibility index (Phi) is 5.41. The summed E-state index contributed by atoms with van der Waals surface area (Å²) in [6, 6.07) is 11.6. The van der Waals surface area contributed by atoms with Crippen molar-refractivity contribution in [1.82, 2.24) is 25.6 Å². The normalized spacial score (nSPS) is 15.6. The van der Waals surface area contributed by atoms with E-state index in [-0.39, 0.29) is 18.4 Å². The standard InChI is InChI=1S/C21H23N5O3/c1-14(27)22-11-15-7-8-26-20(9-15)18(13-24-26)21(28)23-12-17-10-19(25-29-17)16-5-3-2-4-6-16/h2-6,10,13,15H,7-9,11-12H2,1H3,(H,22,27)(H,23,28)/t15-/m0/s1. The highest BCUT2D eigenvalue weighted by Gasteiger charge is 2.25. The highest BCUT2D eigenvalue weighted by atomic mass is 16.5. The fourth-order valence-corrected chi connectivity index (χ4v) is 3.55. The molecule has 1 aromatic carbocycles. The molecule has 29 heavy (non-hydrogen) atoms. The molecule has 0 fully saturated rings. The fraction of sp³-hybridized carbons (Fsp3) is 0.333. The van der Waals surface area contributed by atoms with Gasteiger partial charge in [0.15, 0.2) is 5.76 Å². The van der Waals surface area contributed by atoms with Crippen molar-refractivity contribution in [1.29, 1.82) is 0 Å². The van der Waals surface area contributed by atoms with Gasteiger partial charge in [-0.05, 0) is 18.8 Å². The van der Waals surface area contributed by atoms with Gasteiger partial charge >= 0.3 is 0 Å². The van der Waals surface area contributed by atoms with Gasteiger partial charge in [0.05, 0.1) is 24.0 Å². The molecule has 3 heterocycles. The lowest BCUT2D eigenvalue weighted by Gasteiger charge is -2.24. The topological polar surface area (TPSA) is 102 Å². The summed E-state index contributed by atoms with van der Waals surface area (Å²) in [6.07, 6.45) is 3.25. The van der Waals surface area contributed by atoms with Gasteiger partial charge in [-0.3, -0.25) is 14.3 Å². The highest BCUT2D eigenvalue weighted by Crippen LogP contribution is 2.23. The maximum Gasteiger partial charge on any atom is 0.255 e. The number of nitrogens with one attached hydrogen (secondary N) is 2. The second kappa shape index (κ2) is 8.30. The summed E-state index contributed by atoms with van der Waals surface area (Å²) in [7, 11) is 0. The van der Waals surface area contributed by atoms with Crippen LogP contribution in [0, 0.1) is 5.92 Å². The average molecular weight is 393 g/mol. The van der Waals surface area contributed by atoms with Crippen LogP contribution in [0.2, 0.25) is 0 Å². The smallest absolute Gasteiger partial charge is 0.255 e. The molecule has 0 saturated carbocycles. The second-order valence-electron chi connectivity index (χ2n) is 7.25. The Morgan fingerprint density at radius 3 is 2.86 bits per heavy atom. The van der Waals surface area contributed by atoms with Crippen LogP contribution in [0.5, 0.6) is 0 Å². The van der Waals surface area contributed by atoms with Crippen LogP contribution < -0.4 is 10.6 Å². The van der Waals surface area contributed by atoms with Gasteiger partial charge in [-0.2, -0.15) is 5.10 Å². The van der Waals surface area contributed by atoms with Gasteiger partial charge < -0.3 is 15.2 Å². The summed E-state index contributed by atoms with van der Waals surface area (Å²) < 4.78 is 7.22. The van der Waals surface area contributed by atoms with Crippen molar-refractivity contribution in [3.05, 3.63) is 59.6 Å². The summed E-state index contributed by atoms with van der Waals surface area (Å²) >= 11 is 0. The quantitative estimate of drug-likeness (QED) is 0.668. The first kappa shape index (κ1) is 18.9. The number of aryl methyl sites for hydroxylation is 1. The molecule has 8 heteroatoms. The molecule has 0 radical (unpaired) electrons. The summed E-state index contributed by atoms with van der Waals surface area (Å²) in [6.45, 7) is 3.12. The molecule has 1 aliphatic heterocycles. The molecular weight excluding hydrogens is 370 g/mol. The number of amides is 2. The van der Waals surface area contributed by atoms with Crippen molar-refractivity contribution < 1.29 is 14.1 Å². The molecule has 1 aliphatic rings. The number of aromatic nitrogens is 3. The van der Waals surface area contributed by atoms with E-state index in [2.05, 4.69) is 20.9 Å². The van der Waals surface area contributed by atoms with Gasteiger partial charge in [-0.15, -0.1) is 0 Å². The van der Waals surface area contributed by atoms with E-state index in [4.69, 9.17) is 4.52 Å². The lowest BCUT2D eigenvalue weighted by molar-refractivity contribution is -0.119. The monoisotopic (exact) mass is 393 g/mol. The summed E-state index contributed by atoms with van der Waals surface area (Å²) in [5, 5.41) is 14.2. The van der Waals surface area contributed by atoms with Crippen LogP contribution in [0.1, 0.15) is 35.2 Å². The van der Waals surface area contributed by atoms with Gasteiger partial charge in [-0.25, -0.2) is 0 Å². The van der Waals surface area contributed by atoms with E-state index in [1.54, 1.807) is 6.20 Å². The van der Waals surface area contributed by atoms with Crippen molar-refractivity contribution in [2.24, 2.45) is 5.92 Å². The van der Waals surface area contributed by atoms with E-state index in [0.717, 1.165) is 29.9 Å². The number of benzene rings is 1. The zero-order valence-corrected chi connectivity index (χ0v) is 16.2. The molecule has 2 amide bonds. The summed E-state index contributed by atoms with van der Waals surface area (Å²) in [5.41, 5.74) is 3.18. The number of hydrogen-bond acceptors (Lipinski definition) is 5. The molecule has 4 rings (SSSR count). The summed E-state index contributed by atoms with van der Waals surface area (Å²) in [4.78, 5) is 23.9. The van der Waals surface area contributed by atoms with E-state index in [1.807, 2.05) is 41.1 Å². The minimum Gasteiger partial charge on any atom is -0.359 e. The summed E-state index contributed by atoms with van der Waals surface area (Å²) in [5.74, 6) is 0.659. The van der Waals surface area contributed by atoms with E-state index in [9.17, 15) is 9.59 Å². The third-order valence-corrected chi connectivity index (χ3v) is 5.12. The van der Waals surface area contributed by atoms with Gasteiger partial charge in [0.1, 0.15) is 5.69 Å². The SMILES string of the molecule is CC(=O)NC[C@H]1CCn2ncc(C(=O)NCc3cc(-c4ccccc4)no3)c2C1. The maximum atomic E-state index is 12.7. The lowest BCUT2D eigenvalue weighted by atomic mass is 9.94. The predicted octanol–water partition coefficient (Wildman–Crippen LogP) is 2.17. The molecule has 0 spiro atoms. The Morgan fingerprint density at radius 1 is 1.24 bits per heavy atom. The zero-order chi connectivity index (χ0) is 20.2. The highest BCUT2D eigenvalue weighted by molar-refractivity contribution is 5.95. The number of carbonyl (C=O) groups excluding carboxylic acids is 2. The van der Waals surface area contributed by atoms with Crippen LogP contribution in [-0.2, 0) is 24.3 Å². The van der Waals surface area contributed by atoms with E-state index in [0.29, 0.717) is 30.2 Å². The number of nitrogens with zero attached hydrogens (tertiary/aromatic N) is 3. The lowest BCUT2D eigenvalue weighted by Crippen LogP contribution is -2.33. The van der Waals surface area contributed by atoms with E-state index >= 15 is 0 Å². The van der Waals surface area contributed by atoms with E-state index < -0.39 is 0 Å². The molecule has 150 valence electrons. The van der Waals surface area contributed by atoms with Gasteiger partial charge in [0.25, 0.3) is 5.91 Å². The molecule has 8 nitrogen and oxygen atoms in total. The third kappa shape index (κ3) is 4.37. The number of fused-ring (bicyclic) bond motifs is 1. The minimum absolute atomic E-state index is 0.0380. The Labute approximate surface area is 168 Å². The van der Waals surface area contributed by atoms with Crippen molar-refractivity contribution in [2.75, 3.05) is 6.54 Å². The van der Waals surface area contributed by atoms with Crippen LogP contribution in [0.3, 0.4) is 0 Å². The largest absolute Gasteiger partial charge is 0.359 e. The molecule has 2 N–H and O–H groups in total. The molecule has 1 atom stereocenters. The molecular formula is C21H23N5O3. The first-order chi connectivity index (χ1) is 14.1. The molecule has 2 aromatic heterocycles. The fourth-order valence-electron chi connectivity index (χ4n) is 3.55. The Balaban J connectivity index is 1.38. The molecule has 0 saturated heterocycles. The number of hydrogen-bond donors (Lipinski definition) is 2. The van der Waals surface area contributed by atoms with Crippen molar-refractivity contribution in [3.63, 3.8) is 0 Å². The van der Waals surface area contributed by atoms with Crippen LogP contribution >= 0.6 is 0 Å². The molecule has 3 aromatic rings. The zero-order valence-electron chi connectivity index (χ0n) is 16.2. The Hall–Kier alpha value is -3.42. The molecule has 0 bridgehead atoms. The van der Waals surface area contributed by atoms with Crippen LogP contribution in [0.4, 0.5) is 0 Å². The van der Waals surface area contributed by atoms with Gasteiger partial charge in [0.2, 0.25) is 5.91 Å². The minimum atomic E-state index is -0.191. The van der Waals surface area contributed by atoms with Crippen LogP contribution in [0.15, 0.2) is 47.1 Å². The van der Waals surface area contributed by atoms with E-state index in [1.165, 1.54) is 6.92 Å². The molecule has 0 aliphatic carbocycles. The second-order valence-corrected chi connectivity index (χ2v) is 7.25. The first-order valence-corrected chi connectivity index (χ1v) is 9.68. The number of rotatable bonds is 6.